The Labute approximate surface area is 112 Å². The summed E-state index contributed by atoms with van der Waals surface area (Å²) in [6.07, 6.45) is 1.94. The van der Waals surface area contributed by atoms with Crippen molar-refractivity contribution in [3.63, 3.8) is 0 Å². The predicted molar refractivity (Wildman–Crippen MR) is 68.6 cm³/mol. The molecule has 1 aliphatic heterocycles. The Kier molecular flexibility index (Phi) is 5.31. The summed E-state index contributed by atoms with van der Waals surface area (Å²) >= 11 is 1.47. The molecule has 0 spiro atoms. The quantitative estimate of drug-likeness (QED) is 0.693. The second-order valence-corrected chi connectivity index (χ2v) is 6.09. The summed E-state index contributed by atoms with van der Waals surface area (Å²) in [6.45, 7) is 5.95. The maximum atomic E-state index is 11.9. The lowest BCUT2D eigenvalue weighted by atomic mass is 10.1. The summed E-state index contributed by atoms with van der Waals surface area (Å²) in [4.78, 5) is 22.7. The fourth-order valence-corrected chi connectivity index (χ4v) is 2.41. The van der Waals surface area contributed by atoms with Crippen LogP contribution >= 0.6 is 11.8 Å². The van der Waals surface area contributed by atoms with Gasteiger partial charge in [0.05, 0.1) is 0 Å². The minimum absolute atomic E-state index is 0.0345. The second kappa shape index (κ2) is 6.31. The van der Waals surface area contributed by atoms with Crippen LogP contribution in [0.5, 0.6) is 0 Å². The highest BCUT2D eigenvalue weighted by Gasteiger charge is 2.39. The van der Waals surface area contributed by atoms with Crippen molar-refractivity contribution >= 4 is 23.9 Å². The van der Waals surface area contributed by atoms with E-state index in [0.29, 0.717) is 5.92 Å². The summed E-state index contributed by atoms with van der Waals surface area (Å²) in [7, 11) is 0. The third-order valence-corrected chi connectivity index (χ3v) is 3.53. The molecule has 1 rings (SSSR count). The fraction of sp³-hybridized carbons (Fsp3) is 0.833. The second-order valence-electron chi connectivity index (χ2n) is 5.05. The van der Waals surface area contributed by atoms with Gasteiger partial charge in [0.2, 0.25) is 0 Å². The van der Waals surface area contributed by atoms with Crippen molar-refractivity contribution in [3.05, 3.63) is 0 Å². The zero-order valence-corrected chi connectivity index (χ0v) is 12.0. The van der Waals surface area contributed by atoms with E-state index in [-0.39, 0.29) is 24.4 Å². The number of carbonyl (C=O) groups is 2. The summed E-state index contributed by atoms with van der Waals surface area (Å²) in [5, 5.41) is -0.174. The minimum Gasteiger partial charge on any atom is -0.460 e. The fourth-order valence-electron chi connectivity index (χ4n) is 1.58. The first-order valence-electron chi connectivity index (χ1n) is 5.91. The van der Waals surface area contributed by atoms with Crippen LogP contribution in [0.1, 0.15) is 27.2 Å². The minimum atomic E-state index is -0.854. The standard InChI is InChI=1S/C12H20O5S/c1-8(2)5-9(18-4)10(13)15-6-12(3)7-16-11(14)17-12/h8-9H,5-7H2,1-4H3. The molecule has 1 aliphatic rings. The van der Waals surface area contributed by atoms with Gasteiger partial charge in [0.25, 0.3) is 0 Å². The van der Waals surface area contributed by atoms with Crippen LogP contribution in [0.2, 0.25) is 0 Å². The van der Waals surface area contributed by atoms with Crippen molar-refractivity contribution in [2.75, 3.05) is 19.5 Å². The smallest absolute Gasteiger partial charge is 0.460 e. The molecule has 104 valence electrons. The van der Waals surface area contributed by atoms with E-state index in [2.05, 4.69) is 13.8 Å². The SMILES string of the molecule is CSC(CC(C)C)C(=O)OCC1(C)COC(=O)O1. The molecule has 18 heavy (non-hydrogen) atoms. The lowest BCUT2D eigenvalue weighted by molar-refractivity contribution is -0.148. The van der Waals surface area contributed by atoms with Crippen LogP contribution in [0, 0.1) is 5.92 Å². The van der Waals surface area contributed by atoms with Crippen LogP contribution in [0.3, 0.4) is 0 Å². The van der Waals surface area contributed by atoms with Crippen molar-refractivity contribution in [2.24, 2.45) is 5.92 Å². The zero-order valence-electron chi connectivity index (χ0n) is 11.2. The lowest BCUT2D eigenvalue weighted by Crippen LogP contribution is -2.36. The number of hydrogen-bond donors (Lipinski definition) is 0. The Morgan fingerprint density at radius 2 is 2.22 bits per heavy atom. The first-order chi connectivity index (χ1) is 8.36. The van der Waals surface area contributed by atoms with Gasteiger partial charge in [0, 0.05) is 0 Å². The van der Waals surface area contributed by atoms with E-state index >= 15 is 0 Å². The molecule has 1 saturated heterocycles. The normalized spacial score (nSPS) is 24.6. The van der Waals surface area contributed by atoms with Crippen molar-refractivity contribution in [1.82, 2.24) is 0 Å². The molecule has 2 unspecified atom stereocenters. The van der Waals surface area contributed by atoms with Gasteiger partial charge >= 0.3 is 12.1 Å². The molecule has 2 atom stereocenters. The van der Waals surface area contributed by atoms with Crippen molar-refractivity contribution in [2.45, 2.75) is 38.0 Å². The molecule has 0 saturated carbocycles. The molecule has 0 N–H and O–H groups in total. The van der Waals surface area contributed by atoms with E-state index in [1.807, 2.05) is 6.26 Å². The van der Waals surface area contributed by atoms with Crippen LogP contribution in [-0.2, 0) is 19.0 Å². The zero-order chi connectivity index (χ0) is 13.8. The molecule has 6 heteroatoms. The number of carbonyl (C=O) groups excluding carboxylic acids is 2. The van der Waals surface area contributed by atoms with E-state index < -0.39 is 11.8 Å². The highest BCUT2D eigenvalue weighted by Crippen LogP contribution is 2.22. The Bertz CT molecular complexity index is 318. The number of hydrogen-bond acceptors (Lipinski definition) is 6. The van der Waals surface area contributed by atoms with E-state index in [0.717, 1.165) is 6.42 Å². The molecule has 0 bridgehead atoms. The first kappa shape index (κ1) is 15.1. The maximum Gasteiger partial charge on any atom is 0.509 e. The highest BCUT2D eigenvalue weighted by molar-refractivity contribution is 7.99. The van der Waals surface area contributed by atoms with Gasteiger partial charge in [-0.3, -0.25) is 4.79 Å². The molecule has 0 aromatic heterocycles. The summed E-state index contributed by atoms with van der Waals surface area (Å²) < 4.78 is 14.9. The number of ether oxygens (including phenoxy) is 3. The third kappa shape index (κ3) is 4.40. The molecule has 0 radical (unpaired) electrons. The largest absolute Gasteiger partial charge is 0.509 e. The third-order valence-electron chi connectivity index (χ3n) is 2.58. The molecule has 5 nitrogen and oxygen atoms in total. The molecule has 0 aliphatic carbocycles. The molecule has 1 fully saturated rings. The number of rotatable bonds is 6. The number of cyclic esters (lactones) is 2. The summed E-state index contributed by atoms with van der Waals surface area (Å²) in [5.41, 5.74) is -0.854. The van der Waals surface area contributed by atoms with Gasteiger partial charge in [0.15, 0.2) is 5.60 Å². The van der Waals surface area contributed by atoms with Gasteiger partial charge in [-0.05, 0) is 25.5 Å². The lowest BCUT2D eigenvalue weighted by Gasteiger charge is -2.21. The van der Waals surface area contributed by atoms with Crippen LogP contribution < -0.4 is 0 Å². The molecular formula is C12H20O5S. The van der Waals surface area contributed by atoms with E-state index in [9.17, 15) is 9.59 Å². The molecule has 0 amide bonds. The van der Waals surface area contributed by atoms with Crippen molar-refractivity contribution < 1.29 is 23.8 Å². The Morgan fingerprint density at radius 1 is 1.56 bits per heavy atom. The van der Waals surface area contributed by atoms with Crippen LogP contribution in [0.15, 0.2) is 0 Å². The summed E-state index contributed by atoms with van der Waals surface area (Å²) in [5.74, 6) is 0.165. The number of thioether (sulfide) groups is 1. The van der Waals surface area contributed by atoms with Gasteiger partial charge in [-0.2, -0.15) is 11.8 Å². The van der Waals surface area contributed by atoms with Crippen LogP contribution in [0.25, 0.3) is 0 Å². The topological polar surface area (TPSA) is 61.8 Å². The monoisotopic (exact) mass is 276 g/mol. The van der Waals surface area contributed by atoms with Crippen molar-refractivity contribution in [1.29, 1.82) is 0 Å². The molecule has 0 aromatic rings. The average Bonchev–Trinajstić information content (AvgIpc) is 2.63. The van der Waals surface area contributed by atoms with Gasteiger partial charge in [-0.25, -0.2) is 4.79 Å². The van der Waals surface area contributed by atoms with Crippen LogP contribution in [-0.4, -0.2) is 42.4 Å². The summed E-state index contributed by atoms with van der Waals surface area (Å²) in [6, 6.07) is 0. The van der Waals surface area contributed by atoms with Gasteiger partial charge in [-0.1, -0.05) is 13.8 Å². The Hall–Kier alpha value is -0.910. The van der Waals surface area contributed by atoms with E-state index in [1.165, 1.54) is 11.8 Å². The predicted octanol–water partition coefficient (Wildman–Crippen LogP) is 2.23. The Morgan fingerprint density at radius 3 is 2.67 bits per heavy atom. The molecule has 1 heterocycles. The van der Waals surface area contributed by atoms with Crippen LogP contribution in [0.4, 0.5) is 4.79 Å². The van der Waals surface area contributed by atoms with Gasteiger partial charge in [0.1, 0.15) is 18.5 Å². The molecular weight excluding hydrogens is 256 g/mol. The first-order valence-corrected chi connectivity index (χ1v) is 7.20. The van der Waals surface area contributed by atoms with Crippen molar-refractivity contribution in [3.8, 4) is 0 Å². The van der Waals surface area contributed by atoms with Gasteiger partial charge < -0.3 is 14.2 Å². The maximum absolute atomic E-state index is 11.9. The molecule has 0 aromatic carbocycles. The van der Waals surface area contributed by atoms with Gasteiger partial charge in [-0.15, -0.1) is 0 Å². The highest BCUT2D eigenvalue weighted by atomic mass is 32.2. The average molecular weight is 276 g/mol. The van der Waals surface area contributed by atoms with E-state index in [1.54, 1.807) is 6.92 Å². The van der Waals surface area contributed by atoms with E-state index in [4.69, 9.17) is 14.2 Å². The Balaban J connectivity index is 2.42. The number of esters is 1.